The first-order chi connectivity index (χ1) is 26.6. The zero-order valence-electron chi connectivity index (χ0n) is 28.1. The van der Waals surface area contributed by atoms with Crippen LogP contribution < -0.4 is 0 Å². The van der Waals surface area contributed by atoms with Gasteiger partial charge in [0, 0.05) is 11.1 Å². The van der Waals surface area contributed by atoms with Crippen LogP contribution in [0.5, 0.6) is 0 Å². The molecule has 5 aromatic carbocycles. The van der Waals surface area contributed by atoms with Gasteiger partial charge in [0.2, 0.25) is 0 Å². The molecule has 6 aromatic rings. The lowest BCUT2D eigenvalue weighted by Crippen LogP contribution is -2.11. The molecule has 6 rings (SSSR count). The average molecular weight is 815 g/mol. The second kappa shape index (κ2) is 14.9. The molecule has 1 heterocycles. The van der Waals surface area contributed by atoms with Crippen molar-refractivity contribution in [2.75, 3.05) is 0 Å². The van der Waals surface area contributed by atoms with E-state index in [2.05, 4.69) is 8.75 Å². The SMILES string of the molecule is N#C/C(=C\c1ccc(-c2ccc(-c3ccc(/C=C(/C#N)c4cc(C(F)(F)F)cc(C(F)(F)F)c4)cc3)c3nsnc23)cc1)c1cc(C(F)(F)F)cc(C(F)(F)F)c1. The van der Waals surface area contributed by atoms with E-state index in [1.54, 1.807) is 48.5 Å². The van der Waals surface area contributed by atoms with Crippen LogP contribution >= 0.6 is 11.7 Å². The quantitative estimate of drug-likeness (QED) is 0.0953. The number of rotatable bonds is 6. The number of aromatic nitrogens is 2. The normalized spacial score (nSPS) is 13.1. The molecule has 0 amide bonds. The van der Waals surface area contributed by atoms with E-state index in [0.717, 1.165) is 23.9 Å². The van der Waals surface area contributed by atoms with E-state index in [9.17, 15) is 63.2 Å². The Hall–Kier alpha value is -6.46. The Kier molecular flexibility index (Phi) is 10.5. The Morgan fingerprint density at radius 2 is 0.754 bits per heavy atom. The van der Waals surface area contributed by atoms with Crippen LogP contribution in [-0.4, -0.2) is 8.75 Å². The highest BCUT2D eigenvalue weighted by Gasteiger charge is 2.38. The molecule has 0 spiro atoms. The largest absolute Gasteiger partial charge is 0.416 e. The molecule has 57 heavy (non-hydrogen) atoms. The van der Waals surface area contributed by atoms with Gasteiger partial charge in [0.25, 0.3) is 0 Å². The lowest BCUT2D eigenvalue weighted by atomic mass is 9.95. The van der Waals surface area contributed by atoms with E-state index < -0.39 is 69.2 Å². The van der Waals surface area contributed by atoms with Crippen LogP contribution in [0, 0.1) is 22.7 Å². The molecule has 0 unspecified atom stereocenters. The molecular formula is C40H18F12N4S. The first kappa shape index (κ1) is 40.2. The molecule has 0 saturated carbocycles. The third-order valence-electron chi connectivity index (χ3n) is 8.52. The second-order valence-electron chi connectivity index (χ2n) is 12.3. The minimum Gasteiger partial charge on any atom is -0.192 e. The summed E-state index contributed by atoms with van der Waals surface area (Å²) >= 11 is 0.895. The van der Waals surface area contributed by atoms with Gasteiger partial charge in [-0.3, -0.25) is 0 Å². The first-order valence-corrected chi connectivity index (χ1v) is 16.7. The third kappa shape index (κ3) is 8.84. The van der Waals surface area contributed by atoms with Crippen molar-refractivity contribution in [1.82, 2.24) is 8.75 Å². The third-order valence-corrected chi connectivity index (χ3v) is 9.05. The average Bonchev–Trinajstić information content (AvgIpc) is 3.65. The van der Waals surface area contributed by atoms with Crippen LogP contribution in [0.2, 0.25) is 0 Å². The van der Waals surface area contributed by atoms with Crippen molar-refractivity contribution in [2.24, 2.45) is 0 Å². The number of nitrogens with zero attached hydrogens (tertiary/aromatic N) is 4. The van der Waals surface area contributed by atoms with E-state index in [4.69, 9.17) is 0 Å². The van der Waals surface area contributed by atoms with E-state index in [1.807, 2.05) is 0 Å². The number of halogens is 12. The van der Waals surface area contributed by atoms with Gasteiger partial charge < -0.3 is 0 Å². The topological polar surface area (TPSA) is 73.4 Å². The minimum atomic E-state index is -5.10. The Morgan fingerprint density at radius 3 is 1.02 bits per heavy atom. The van der Waals surface area contributed by atoms with Gasteiger partial charge in [-0.1, -0.05) is 60.7 Å². The number of allylic oxidation sites excluding steroid dienone is 2. The fourth-order valence-corrected chi connectivity index (χ4v) is 6.34. The van der Waals surface area contributed by atoms with E-state index in [-0.39, 0.29) is 12.1 Å². The summed E-state index contributed by atoms with van der Waals surface area (Å²) in [5, 5.41) is 19.4. The summed E-state index contributed by atoms with van der Waals surface area (Å²) in [5.41, 5.74) is -4.34. The van der Waals surface area contributed by atoms with Gasteiger partial charge in [0.1, 0.15) is 11.0 Å². The van der Waals surface area contributed by atoms with Crippen molar-refractivity contribution >= 4 is 46.1 Å². The fraction of sp³-hybridized carbons (Fsp3) is 0.100. The first-order valence-electron chi connectivity index (χ1n) is 15.9. The zero-order chi connectivity index (χ0) is 41.5. The van der Waals surface area contributed by atoms with Crippen molar-refractivity contribution < 1.29 is 52.7 Å². The van der Waals surface area contributed by atoms with Crippen LogP contribution in [0.15, 0.2) is 97.1 Å². The van der Waals surface area contributed by atoms with Crippen molar-refractivity contribution in [3.05, 3.63) is 142 Å². The minimum absolute atomic E-state index is 0.0283. The van der Waals surface area contributed by atoms with Crippen LogP contribution in [0.1, 0.15) is 44.5 Å². The summed E-state index contributed by atoms with van der Waals surface area (Å²) in [5.74, 6) is 0. The predicted octanol–water partition coefficient (Wildman–Crippen LogP) is 13.2. The summed E-state index contributed by atoms with van der Waals surface area (Å²) in [6, 6.07) is 21.1. The number of nitriles is 2. The van der Waals surface area contributed by atoms with Gasteiger partial charge in [-0.15, -0.1) is 0 Å². The zero-order valence-corrected chi connectivity index (χ0v) is 28.9. The molecule has 0 saturated heterocycles. The number of hydrogen-bond acceptors (Lipinski definition) is 5. The van der Waals surface area contributed by atoms with Gasteiger partial charge in [-0.25, -0.2) is 0 Å². The maximum absolute atomic E-state index is 13.4. The summed E-state index contributed by atoms with van der Waals surface area (Å²) in [6.45, 7) is 0. The monoisotopic (exact) mass is 814 g/mol. The van der Waals surface area contributed by atoms with Crippen LogP contribution in [0.3, 0.4) is 0 Å². The Balaban J connectivity index is 1.29. The molecule has 0 aliphatic rings. The second-order valence-corrected chi connectivity index (χ2v) is 12.8. The summed E-state index contributed by atoms with van der Waals surface area (Å²) in [6.07, 6.45) is -18.1. The summed E-state index contributed by atoms with van der Waals surface area (Å²) < 4.78 is 170. The molecule has 0 N–H and O–H groups in total. The van der Waals surface area contributed by atoms with E-state index in [1.165, 1.54) is 24.3 Å². The maximum Gasteiger partial charge on any atom is 0.416 e. The lowest BCUT2D eigenvalue weighted by molar-refractivity contribution is -0.144. The molecule has 0 fully saturated rings. The highest BCUT2D eigenvalue weighted by molar-refractivity contribution is 7.00. The van der Waals surface area contributed by atoms with Crippen LogP contribution in [0.25, 0.3) is 56.6 Å². The van der Waals surface area contributed by atoms with Crippen molar-refractivity contribution in [3.8, 4) is 34.4 Å². The molecule has 0 atom stereocenters. The Bertz CT molecular complexity index is 2390. The number of fused-ring (bicyclic) bond motifs is 1. The van der Waals surface area contributed by atoms with Crippen molar-refractivity contribution in [2.45, 2.75) is 24.7 Å². The van der Waals surface area contributed by atoms with Gasteiger partial charge in [-0.2, -0.15) is 72.0 Å². The molecule has 0 aliphatic heterocycles. The number of hydrogen-bond donors (Lipinski definition) is 0. The molecule has 0 radical (unpaired) electrons. The van der Waals surface area contributed by atoms with Crippen LogP contribution in [-0.2, 0) is 24.7 Å². The molecule has 17 heteroatoms. The van der Waals surface area contributed by atoms with Crippen LogP contribution in [0.4, 0.5) is 52.7 Å². The Morgan fingerprint density at radius 1 is 0.456 bits per heavy atom. The molecule has 4 nitrogen and oxygen atoms in total. The highest BCUT2D eigenvalue weighted by atomic mass is 32.1. The fourth-order valence-electron chi connectivity index (χ4n) is 5.76. The van der Waals surface area contributed by atoms with Crippen molar-refractivity contribution in [1.29, 1.82) is 10.5 Å². The van der Waals surface area contributed by atoms with Gasteiger partial charge in [-0.05, 0) is 81.9 Å². The molecule has 1 aromatic heterocycles. The standard InChI is InChI=1S/C40H18F12N4S/c41-37(42,43)29-13-25(14-30(17-29)38(44,45)46)27(19-53)11-21-1-5-23(6-2-21)33-9-10-34(36-35(33)55-57-56-36)24-7-3-22(4-8-24)12-28(20-54)26-15-31(39(47,48)49)18-32(16-26)40(50,51)52/h1-18H/b27-11-,28-12+. The van der Waals surface area contributed by atoms with Crippen molar-refractivity contribution in [3.63, 3.8) is 0 Å². The molecular weight excluding hydrogens is 797 g/mol. The van der Waals surface area contributed by atoms with Gasteiger partial charge in [0.05, 0.1) is 57.3 Å². The van der Waals surface area contributed by atoms with E-state index >= 15 is 0 Å². The van der Waals surface area contributed by atoms with E-state index in [0.29, 0.717) is 68.7 Å². The molecule has 0 bridgehead atoms. The predicted molar refractivity (Wildman–Crippen MR) is 188 cm³/mol. The molecule has 0 aliphatic carbocycles. The highest BCUT2D eigenvalue weighted by Crippen LogP contribution is 2.40. The van der Waals surface area contributed by atoms with Gasteiger partial charge >= 0.3 is 24.7 Å². The number of benzene rings is 5. The lowest BCUT2D eigenvalue weighted by Gasteiger charge is -2.14. The van der Waals surface area contributed by atoms with Gasteiger partial charge in [0.15, 0.2) is 0 Å². The summed E-state index contributed by atoms with van der Waals surface area (Å²) in [7, 11) is 0. The molecule has 288 valence electrons. The smallest absolute Gasteiger partial charge is 0.192 e. The Labute approximate surface area is 318 Å². The maximum atomic E-state index is 13.4. The number of alkyl halides is 12. The summed E-state index contributed by atoms with van der Waals surface area (Å²) in [4.78, 5) is 0.